The quantitative estimate of drug-likeness (QED) is 0.0317. The van der Waals surface area contributed by atoms with E-state index >= 15 is 0 Å². The van der Waals surface area contributed by atoms with Crippen LogP contribution in [0.25, 0.3) is 11.0 Å². The van der Waals surface area contributed by atoms with Crippen molar-refractivity contribution in [3.05, 3.63) is 121 Å². The zero-order valence-corrected chi connectivity index (χ0v) is 26.6. The van der Waals surface area contributed by atoms with Crippen LogP contribution in [0.15, 0.2) is 130 Å². The maximum atomic E-state index is 12.3. The van der Waals surface area contributed by atoms with Gasteiger partial charge in [0.25, 0.3) is 0 Å². The predicted molar refractivity (Wildman–Crippen MR) is 179 cm³/mol. The van der Waals surface area contributed by atoms with Crippen LogP contribution in [-0.2, 0) is 23.9 Å². The van der Waals surface area contributed by atoms with Gasteiger partial charge in [-0.1, -0.05) is 13.2 Å². The van der Waals surface area contributed by atoms with Crippen molar-refractivity contribution < 1.29 is 52.1 Å². The molecule has 1 heterocycles. The number of nitrogens with zero attached hydrogens (tertiary/aromatic N) is 2. The third-order valence-corrected chi connectivity index (χ3v) is 6.07. The highest BCUT2D eigenvalue weighted by molar-refractivity contribution is 5.94. The number of carbonyl (C=O) groups excluding carboxylic acids is 5. The smallest absolute Gasteiger partial charge is 0.414 e. The summed E-state index contributed by atoms with van der Waals surface area (Å²) in [4.78, 5) is 71.1. The molecule has 2 N–H and O–H groups in total. The molecule has 16 heteroatoms. The molecule has 0 saturated carbocycles. The van der Waals surface area contributed by atoms with E-state index in [-0.39, 0.29) is 59.6 Å². The topological polar surface area (TPSA) is 210 Å². The lowest BCUT2D eigenvalue weighted by Crippen LogP contribution is -2.29. The first-order chi connectivity index (χ1) is 24.6. The number of azo groups is 1. The fourth-order valence-corrected chi connectivity index (χ4v) is 3.80. The van der Waals surface area contributed by atoms with Crippen LogP contribution in [-0.4, -0.2) is 43.2 Å². The summed E-state index contributed by atoms with van der Waals surface area (Å²) in [5.41, 5.74) is 0.0897. The van der Waals surface area contributed by atoms with E-state index in [1.807, 2.05) is 0 Å². The van der Waals surface area contributed by atoms with Crippen LogP contribution >= 0.6 is 0 Å². The molecule has 4 aromatic rings. The number of benzene rings is 3. The van der Waals surface area contributed by atoms with Crippen molar-refractivity contribution in [2.45, 2.75) is 6.42 Å². The minimum Gasteiger partial charge on any atom is -0.423 e. The van der Waals surface area contributed by atoms with Crippen LogP contribution < -0.4 is 35.2 Å². The summed E-state index contributed by atoms with van der Waals surface area (Å²) in [6, 6.07) is 17.2. The van der Waals surface area contributed by atoms with Crippen LogP contribution in [0.5, 0.6) is 23.0 Å². The lowest BCUT2D eigenvalue weighted by atomic mass is 10.2. The van der Waals surface area contributed by atoms with Gasteiger partial charge in [-0.15, -0.1) is 0 Å². The average molecular weight is 697 g/mol. The van der Waals surface area contributed by atoms with Crippen molar-refractivity contribution in [3.63, 3.8) is 0 Å². The lowest BCUT2D eigenvalue weighted by molar-refractivity contribution is -0.131. The van der Waals surface area contributed by atoms with Gasteiger partial charge in [0.1, 0.15) is 35.3 Å². The molecule has 0 spiro atoms. The lowest BCUT2D eigenvalue weighted by Gasteiger charge is -2.07. The Kier molecular flexibility index (Phi) is 13.2. The van der Waals surface area contributed by atoms with Gasteiger partial charge in [-0.2, -0.15) is 10.2 Å². The maximum absolute atomic E-state index is 12.3. The maximum Gasteiger partial charge on any atom is 0.414 e. The van der Waals surface area contributed by atoms with Crippen molar-refractivity contribution in [1.29, 1.82) is 0 Å². The predicted octanol–water partition coefficient (Wildman–Crippen LogP) is 5.08. The molecule has 4 rings (SSSR count). The molecular formula is C35H28N4O12. The minimum absolute atomic E-state index is 0.00982. The molecular weight excluding hydrogens is 668 g/mol. The Morgan fingerprint density at radius 1 is 0.725 bits per heavy atom. The highest BCUT2D eigenvalue weighted by atomic mass is 16.6. The molecule has 1 aromatic heterocycles. The van der Waals surface area contributed by atoms with Crippen molar-refractivity contribution in [1.82, 2.24) is 10.6 Å². The van der Waals surface area contributed by atoms with Gasteiger partial charge in [-0.05, 0) is 66.9 Å². The molecule has 0 bridgehead atoms. The minimum atomic E-state index is -0.921. The summed E-state index contributed by atoms with van der Waals surface area (Å²) in [6.07, 6.45) is 3.27. The number of nitrogens with one attached hydrogen (secondary N) is 2. The Labute approximate surface area is 288 Å². The Hall–Kier alpha value is -7.20. The molecule has 0 atom stereocenters. The number of hydrogen-bond donors (Lipinski definition) is 2. The summed E-state index contributed by atoms with van der Waals surface area (Å²) >= 11 is 0. The molecule has 0 aliphatic carbocycles. The zero-order chi connectivity index (χ0) is 36.6. The highest BCUT2D eigenvalue weighted by Crippen LogP contribution is 2.28. The second-order valence-corrected chi connectivity index (χ2v) is 9.72. The van der Waals surface area contributed by atoms with Gasteiger partial charge in [0.15, 0.2) is 0 Å². The Balaban J connectivity index is 1.21. The van der Waals surface area contributed by atoms with Gasteiger partial charge in [-0.3, -0.25) is 10.1 Å². The molecule has 0 unspecified atom stereocenters. The number of ether oxygens (including phenoxy) is 5. The van der Waals surface area contributed by atoms with E-state index in [4.69, 9.17) is 28.1 Å². The fraction of sp³-hybridized carbons (Fsp3) is 0.0857. The second-order valence-electron chi connectivity index (χ2n) is 9.72. The van der Waals surface area contributed by atoms with E-state index in [0.29, 0.717) is 11.4 Å². The van der Waals surface area contributed by atoms with Gasteiger partial charge in [0, 0.05) is 24.3 Å². The van der Waals surface area contributed by atoms with Crippen molar-refractivity contribution in [3.8, 4) is 23.0 Å². The monoisotopic (exact) mass is 696 g/mol. The van der Waals surface area contributed by atoms with E-state index < -0.39 is 29.6 Å². The Morgan fingerprint density at radius 2 is 1.31 bits per heavy atom. The third-order valence-electron chi connectivity index (χ3n) is 6.07. The summed E-state index contributed by atoms with van der Waals surface area (Å²) in [5.74, 6) is -2.48. The summed E-state index contributed by atoms with van der Waals surface area (Å²) in [7, 11) is 0. The molecule has 51 heavy (non-hydrogen) atoms. The van der Waals surface area contributed by atoms with Crippen LogP contribution in [0.1, 0.15) is 6.42 Å². The molecule has 0 fully saturated rings. The SMILES string of the molecule is C=CNC(=O)CCOCNC(=O)Oc1ccc(N=Nc2ccc(OC(=O)/C=C/C(=O)Oc3ccc4c(OC(=O)C=C)cc(=O)oc4c3)cc2)cc1. The van der Waals surface area contributed by atoms with E-state index in [1.54, 1.807) is 24.3 Å². The first-order valence-electron chi connectivity index (χ1n) is 14.7. The molecule has 0 saturated heterocycles. The Morgan fingerprint density at radius 3 is 1.92 bits per heavy atom. The molecule has 3 aromatic carbocycles. The van der Waals surface area contributed by atoms with Crippen LogP contribution in [0.4, 0.5) is 16.2 Å². The number of fused-ring (bicyclic) bond motifs is 1. The van der Waals surface area contributed by atoms with E-state index in [9.17, 15) is 28.8 Å². The van der Waals surface area contributed by atoms with Crippen LogP contribution in [0, 0.1) is 0 Å². The molecule has 260 valence electrons. The van der Waals surface area contributed by atoms with Crippen LogP contribution in [0.3, 0.4) is 0 Å². The first kappa shape index (κ1) is 36.6. The van der Waals surface area contributed by atoms with Crippen molar-refractivity contribution >= 4 is 52.3 Å². The number of carbonyl (C=O) groups is 5. The number of hydrogen-bond acceptors (Lipinski definition) is 14. The standard InChI is InChI=1S/C35H28N4O12/c1-3-31(41)50-29-20-34(44)51-28-19-26(13-14-27(28)29)48-33(43)16-15-32(42)47-24-9-5-22(6-10-24)38-39-23-7-11-25(12-8-23)49-35(45)37-21-46-18-17-30(40)36-4-2/h3-16,19-20H,1-2,17-18,21H2,(H,36,40)(H,37,45)/b16-15+,39-38?. The first-order valence-corrected chi connectivity index (χ1v) is 14.7. The molecule has 0 radical (unpaired) electrons. The van der Waals surface area contributed by atoms with Crippen LogP contribution in [0.2, 0.25) is 0 Å². The van der Waals surface area contributed by atoms with E-state index in [1.165, 1.54) is 48.7 Å². The largest absolute Gasteiger partial charge is 0.423 e. The molecule has 2 amide bonds. The van der Waals surface area contributed by atoms with Crippen molar-refractivity contribution in [2.75, 3.05) is 13.3 Å². The zero-order valence-electron chi connectivity index (χ0n) is 26.6. The molecule has 16 nitrogen and oxygen atoms in total. The molecule has 0 aliphatic rings. The fourth-order valence-electron chi connectivity index (χ4n) is 3.80. The molecule has 0 aliphatic heterocycles. The Bertz CT molecular complexity index is 2050. The highest BCUT2D eigenvalue weighted by Gasteiger charge is 2.12. The number of amides is 2. The normalized spacial score (nSPS) is 10.7. The van der Waals surface area contributed by atoms with E-state index in [0.717, 1.165) is 24.3 Å². The van der Waals surface area contributed by atoms with Gasteiger partial charge in [-0.25, -0.2) is 24.0 Å². The van der Waals surface area contributed by atoms with Gasteiger partial charge in [0.05, 0.1) is 35.9 Å². The third kappa shape index (κ3) is 12.1. The average Bonchev–Trinajstić information content (AvgIpc) is 3.10. The number of esters is 3. The number of rotatable bonds is 15. The van der Waals surface area contributed by atoms with Crippen molar-refractivity contribution in [2.24, 2.45) is 10.2 Å². The second kappa shape index (κ2) is 18.4. The summed E-state index contributed by atoms with van der Waals surface area (Å²) in [6.45, 7) is 6.64. The summed E-state index contributed by atoms with van der Waals surface area (Å²) < 4.78 is 30.8. The van der Waals surface area contributed by atoms with Gasteiger partial charge < -0.3 is 33.4 Å². The summed E-state index contributed by atoms with van der Waals surface area (Å²) in [5, 5.41) is 13.3. The van der Waals surface area contributed by atoms with E-state index in [2.05, 4.69) is 34.0 Å². The van der Waals surface area contributed by atoms with Gasteiger partial charge >= 0.3 is 29.6 Å². The van der Waals surface area contributed by atoms with Gasteiger partial charge in [0.2, 0.25) is 5.91 Å².